The Morgan fingerprint density at radius 3 is 2.72 bits per heavy atom. The van der Waals surface area contributed by atoms with Crippen LogP contribution >= 0.6 is 0 Å². The molecule has 0 atom stereocenters. The van der Waals surface area contributed by atoms with Crippen molar-refractivity contribution in [1.82, 2.24) is 20.0 Å². The maximum Gasteiger partial charge on any atom is 0.276 e. The lowest BCUT2D eigenvalue weighted by Gasteiger charge is -2.35. The molecule has 8 heteroatoms. The van der Waals surface area contributed by atoms with Crippen LogP contribution in [0.1, 0.15) is 29.1 Å². The van der Waals surface area contributed by atoms with Gasteiger partial charge in [0.25, 0.3) is 5.91 Å². The standard InChI is InChI=1S/C21H23N5O3/c1-14-10-19(24-29-14)21(27)26-8-6-25(7-9-26)16-4-5-18-17(11-16)20(23-13-22-18)28-12-15-2-3-15/h4-5,10-11,13,15H,2-3,6-9,12H2,1H3. The number of fused-ring (bicyclic) bond motifs is 1. The van der Waals surface area contributed by atoms with Crippen LogP contribution in [-0.2, 0) is 0 Å². The number of aryl methyl sites for hydroxylation is 1. The highest BCUT2D eigenvalue weighted by molar-refractivity contribution is 5.92. The molecular weight excluding hydrogens is 370 g/mol. The van der Waals surface area contributed by atoms with Crippen molar-refractivity contribution in [3.8, 4) is 5.88 Å². The van der Waals surface area contributed by atoms with Crippen LogP contribution in [0.3, 0.4) is 0 Å². The fraction of sp³-hybridized carbons (Fsp3) is 0.429. The molecule has 1 aromatic carbocycles. The Labute approximate surface area is 168 Å². The van der Waals surface area contributed by atoms with Crippen LogP contribution in [0, 0.1) is 12.8 Å². The molecule has 0 unspecified atom stereocenters. The zero-order valence-electron chi connectivity index (χ0n) is 16.4. The first-order valence-electron chi connectivity index (χ1n) is 10.0. The molecule has 2 aliphatic rings. The molecule has 1 aliphatic heterocycles. The highest BCUT2D eigenvalue weighted by Gasteiger charge is 2.25. The van der Waals surface area contributed by atoms with Crippen molar-refractivity contribution < 1.29 is 14.1 Å². The Bertz CT molecular complexity index is 1040. The average molecular weight is 393 g/mol. The lowest BCUT2D eigenvalue weighted by Crippen LogP contribution is -2.48. The molecule has 29 heavy (non-hydrogen) atoms. The number of piperazine rings is 1. The second-order valence-corrected chi connectivity index (χ2v) is 7.74. The van der Waals surface area contributed by atoms with Crippen molar-refractivity contribution in [2.45, 2.75) is 19.8 Å². The van der Waals surface area contributed by atoms with Crippen LogP contribution < -0.4 is 9.64 Å². The molecule has 8 nitrogen and oxygen atoms in total. The van der Waals surface area contributed by atoms with Crippen LogP contribution in [0.2, 0.25) is 0 Å². The molecule has 2 fully saturated rings. The minimum Gasteiger partial charge on any atom is -0.477 e. The third-order valence-electron chi connectivity index (χ3n) is 5.51. The van der Waals surface area contributed by atoms with Crippen LogP contribution in [0.5, 0.6) is 5.88 Å². The Hall–Kier alpha value is -3.16. The molecule has 0 radical (unpaired) electrons. The second kappa shape index (κ2) is 7.35. The van der Waals surface area contributed by atoms with Gasteiger partial charge in [0.1, 0.15) is 12.1 Å². The summed E-state index contributed by atoms with van der Waals surface area (Å²) in [6.45, 7) is 5.28. The number of ether oxygens (including phenoxy) is 1. The van der Waals surface area contributed by atoms with Gasteiger partial charge in [-0.3, -0.25) is 4.79 Å². The van der Waals surface area contributed by atoms with Gasteiger partial charge in [-0.05, 0) is 43.9 Å². The summed E-state index contributed by atoms with van der Waals surface area (Å²) >= 11 is 0. The van der Waals surface area contributed by atoms with E-state index in [0.29, 0.717) is 36.3 Å². The molecule has 1 aliphatic carbocycles. The molecule has 3 heterocycles. The topological polar surface area (TPSA) is 84.6 Å². The van der Waals surface area contributed by atoms with Crippen LogP contribution in [-0.4, -0.2) is 58.7 Å². The number of rotatable bonds is 5. The molecule has 5 rings (SSSR count). The minimum absolute atomic E-state index is 0.0795. The number of carbonyl (C=O) groups is 1. The lowest BCUT2D eigenvalue weighted by atomic mass is 10.1. The van der Waals surface area contributed by atoms with Gasteiger partial charge < -0.3 is 19.1 Å². The first kappa shape index (κ1) is 17.9. The summed E-state index contributed by atoms with van der Waals surface area (Å²) < 4.78 is 11.0. The second-order valence-electron chi connectivity index (χ2n) is 7.74. The maximum atomic E-state index is 12.6. The summed E-state index contributed by atoms with van der Waals surface area (Å²) in [4.78, 5) is 25.4. The average Bonchev–Trinajstić information content (AvgIpc) is 3.49. The zero-order chi connectivity index (χ0) is 19.8. The summed E-state index contributed by atoms with van der Waals surface area (Å²) in [7, 11) is 0. The van der Waals surface area contributed by atoms with E-state index in [1.807, 2.05) is 11.0 Å². The van der Waals surface area contributed by atoms with Gasteiger partial charge in [-0.2, -0.15) is 0 Å². The Morgan fingerprint density at radius 2 is 2.00 bits per heavy atom. The number of hydrogen-bond donors (Lipinski definition) is 0. The summed E-state index contributed by atoms with van der Waals surface area (Å²) in [5.41, 5.74) is 2.34. The quantitative estimate of drug-likeness (QED) is 0.659. The molecule has 1 amide bonds. The first-order valence-corrected chi connectivity index (χ1v) is 10.0. The van der Waals surface area contributed by atoms with Crippen molar-refractivity contribution in [2.24, 2.45) is 5.92 Å². The van der Waals surface area contributed by atoms with Crippen molar-refractivity contribution in [3.63, 3.8) is 0 Å². The number of nitrogens with zero attached hydrogens (tertiary/aromatic N) is 5. The zero-order valence-corrected chi connectivity index (χ0v) is 16.4. The van der Waals surface area contributed by atoms with E-state index in [1.54, 1.807) is 19.3 Å². The van der Waals surface area contributed by atoms with Gasteiger partial charge in [-0.15, -0.1) is 0 Å². The number of benzene rings is 1. The van der Waals surface area contributed by atoms with Crippen molar-refractivity contribution in [1.29, 1.82) is 0 Å². The smallest absolute Gasteiger partial charge is 0.276 e. The summed E-state index contributed by atoms with van der Waals surface area (Å²) in [5, 5.41) is 4.77. The van der Waals surface area contributed by atoms with E-state index in [1.165, 1.54) is 12.8 Å². The van der Waals surface area contributed by atoms with Crippen molar-refractivity contribution >= 4 is 22.5 Å². The van der Waals surface area contributed by atoms with E-state index >= 15 is 0 Å². The summed E-state index contributed by atoms with van der Waals surface area (Å²) in [6, 6.07) is 7.85. The molecule has 1 saturated heterocycles. The highest BCUT2D eigenvalue weighted by Crippen LogP contribution is 2.32. The Balaban J connectivity index is 1.29. The highest BCUT2D eigenvalue weighted by atomic mass is 16.5. The number of hydrogen-bond acceptors (Lipinski definition) is 7. The Kier molecular flexibility index (Phi) is 4.54. The normalized spacial score (nSPS) is 17.0. The van der Waals surface area contributed by atoms with Gasteiger partial charge in [0, 0.05) is 37.9 Å². The summed E-state index contributed by atoms with van der Waals surface area (Å²) in [6.07, 6.45) is 4.04. The van der Waals surface area contributed by atoms with Crippen LogP contribution in [0.4, 0.5) is 5.69 Å². The fourth-order valence-corrected chi connectivity index (χ4v) is 3.61. The molecular formula is C21H23N5O3. The van der Waals surface area contributed by atoms with Gasteiger partial charge in [-0.25, -0.2) is 9.97 Å². The van der Waals surface area contributed by atoms with Crippen LogP contribution in [0.15, 0.2) is 35.1 Å². The molecule has 0 N–H and O–H groups in total. The molecule has 0 bridgehead atoms. The number of carbonyl (C=O) groups excluding carboxylic acids is 1. The largest absolute Gasteiger partial charge is 0.477 e. The predicted molar refractivity (Wildman–Crippen MR) is 107 cm³/mol. The molecule has 1 saturated carbocycles. The maximum absolute atomic E-state index is 12.6. The van der Waals surface area contributed by atoms with E-state index in [0.717, 1.165) is 36.3 Å². The van der Waals surface area contributed by atoms with Gasteiger partial charge in [0.05, 0.1) is 17.5 Å². The molecule has 3 aromatic rings. The molecule has 2 aromatic heterocycles. The number of aromatic nitrogens is 3. The van der Waals surface area contributed by atoms with Gasteiger partial charge >= 0.3 is 0 Å². The first-order chi connectivity index (χ1) is 14.2. The predicted octanol–water partition coefficient (Wildman–Crippen LogP) is 2.68. The fourth-order valence-electron chi connectivity index (χ4n) is 3.61. The summed E-state index contributed by atoms with van der Waals surface area (Å²) in [5.74, 6) is 1.88. The van der Waals surface area contributed by atoms with Crippen LogP contribution in [0.25, 0.3) is 10.9 Å². The van der Waals surface area contributed by atoms with Crippen molar-refractivity contribution in [2.75, 3.05) is 37.7 Å². The van der Waals surface area contributed by atoms with E-state index < -0.39 is 0 Å². The van der Waals surface area contributed by atoms with Gasteiger partial charge in [0.15, 0.2) is 5.69 Å². The number of anilines is 1. The van der Waals surface area contributed by atoms with E-state index in [2.05, 4.69) is 32.2 Å². The third-order valence-corrected chi connectivity index (χ3v) is 5.51. The van der Waals surface area contributed by atoms with Crippen molar-refractivity contribution in [3.05, 3.63) is 42.0 Å². The minimum atomic E-state index is -0.0795. The van der Waals surface area contributed by atoms with Gasteiger partial charge in [-0.1, -0.05) is 5.16 Å². The number of amides is 1. The van der Waals surface area contributed by atoms with E-state index in [4.69, 9.17) is 9.26 Å². The van der Waals surface area contributed by atoms with E-state index in [-0.39, 0.29) is 5.91 Å². The van der Waals surface area contributed by atoms with Gasteiger partial charge in [0.2, 0.25) is 5.88 Å². The molecule has 150 valence electrons. The SMILES string of the molecule is Cc1cc(C(=O)N2CCN(c3ccc4ncnc(OCC5CC5)c4c3)CC2)no1. The Morgan fingerprint density at radius 1 is 1.17 bits per heavy atom. The van der Waals surface area contributed by atoms with E-state index in [9.17, 15) is 4.79 Å². The lowest BCUT2D eigenvalue weighted by molar-refractivity contribution is 0.0736. The third kappa shape index (κ3) is 3.74. The molecule has 0 spiro atoms. The monoisotopic (exact) mass is 393 g/mol.